The number of carbonyl (C=O) groups is 2. The van der Waals surface area contributed by atoms with Crippen LogP contribution in [0.2, 0.25) is 0 Å². The van der Waals surface area contributed by atoms with Crippen molar-refractivity contribution in [1.29, 1.82) is 0 Å². The van der Waals surface area contributed by atoms with Gasteiger partial charge < -0.3 is 63.5 Å². The fourth-order valence-corrected chi connectivity index (χ4v) is 5.43. The summed E-state index contributed by atoms with van der Waals surface area (Å²) in [6.45, 7) is 0.491. The largest absolute Gasteiger partial charge is 0.508 e. The maximum absolute atomic E-state index is 13.6. The van der Waals surface area contributed by atoms with E-state index >= 15 is 0 Å². The van der Waals surface area contributed by atoms with E-state index in [4.69, 9.17) is 32.8 Å². The molecule has 2 heterocycles. The Morgan fingerprint density at radius 2 is 1.47 bits per heavy atom. The van der Waals surface area contributed by atoms with Crippen molar-refractivity contribution in [3.05, 3.63) is 63.8 Å². The Hall–Kier alpha value is -5.71. The molecule has 1 aromatic heterocycles. The van der Waals surface area contributed by atoms with Crippen LogP contribution in [-0.2, 0) is 19.0 Å². The molecule has 6 N–H and O–H groups in total. The third-order valence-electron chi connectivity index (χ3n) is 7.85. The lowest BCUT2D eigenvalue weighted by molar-refractivity contribution is -0.234. The second-order valence-electron chi connectivity index (χ2n) is 10.8. The van der Waals surface area contributed by atoms with E-state index in [1.54, 1.807) is 0 Å². The summed E-state index contributed by atoms with van der Waals surface area (Å²) in [7, 11) is 3.54. The van der Waals surface area contributed by atoms with Crippen LogP contribution in [0.3, 0.4) is 0 Å². The third-order valence-corrected chi connectivity index (χ3v) is 7.85. The van der Waals surface area contributed by atoms with Crippen molar-refractivity contribution >= 4 is 22.9 Å². The van der Waals surface area contributed by atoms with Gasteiger partial charge in [0, 0.05) is 18.6 Å². The van der Waals surface area contributed by atoms with E-state index in [9.17, 15) is 45.0 Å². The number of esters is 2. The maximum atomic E-state index is 13.6. The molecule has 0 saturated carbocycles. The van der Waals surface area contributed by atoms with E-state index in [1.807, 2.05) is 0 Å². The molecule has 0 amide bonds. The Bertz CT molecular complexity index is 1920. The standard InChI is InChI=1S/C33H32O16/c1-13(34)46-12-21-25(38)28(41)32(49-33(42)15-9-19(43-2)24(37)20(10-15)44-3)30(48-21)23-27(40)31(45-4)26(39)22-17(36)11-18(47-29(22)23)14-5-7-16(35)8-6-14/h5-11,21,25,28,30,32,35,37-41H,12H2,1-4H3. The number of fused-ring (bicyclic) bond motifs is 1. The highest BCUT2D eigenvalue weighted by atomic mass is 16.6. The molecule has 260 valence electrons. The highest BCUT2D eigenvalue weighted by Gasteiger charge is 2.50. The first-order chi connectivity index (χ1) is 23.3. The number of rotatable bonds is 9. The van der Waals surface area contributed by atoms with E-state index in [0.29, 0.717) is 5.56 Å². The molecule has 1 aliphatic heterocycles. The van der Waals surface area contributed by atoms with Crippen LogP contribution in [0.5, 0.6) is 40.2 Å². The number of methoxy groups -OCH3 is 3. The quantitative estimate of drug-likeness (QED) is 0.139. The van der Waals surface area contributed by atoms with Crippen molar-refractivity contribution in [1.82, 2.24) is 0 Å². The molecule has 0 aliphatic carbocycles. The average Bonchev–Trinajstić information content (AvgIpc) is 3.07. The van der Waals surface area contributed by atoms with Gasteiger partial charge in [0.1, 0.15) is 47.9 Å². The summed E-state index contributed by atoms with van der Waals surface area (Å²) >= 11 is 0. The molecule has 0 bridgehead atoms. The summed E-state index contributed by atoms with van der Waals surface area (Å²) in [5.41, 5.74) is -1.71. The molecule has 5 atom stereocenters. The second-order valence-corrected chi connectivity index (χ2v) is 10.8. The molecule has 49 heavy (non-hydrogen) atoms. The number of hydrogen-bond donors (Lipinski definition) is 6. The zero-order valence-corrected chi connectivity index (χ0v) is 26.4. The van der Waals surface area contributed by atoms with Gasteiger partial charge in [0.2, 0.25) is 11.5 Å². The van der Waals surface area contributed by atoms with Gasteiger partial charge in [-0.1, -0.05) is 0 Å². The molecular formula is C33H32O16. The number of benzene rings is 3. The summed E-state index contributed by atoms with van der Waals surface area (Å²) in [5.74, 6) is -5.10. The number of aromatic hydroxyl groups is 4. The lowest BCUT2D eigenvalue weighted by atomic mass is 9.89. The normalized spacial score (nSPS) is 20.4. The van der Waals surface area contributed by atoms with Crippen molar-refractivity contribution in [3.63, 3.8) is 0 Å². The molecule has 3 aromatic carbocycles. The van der Waals surface area contributed by atoms with Gasteiger partial charge in [0.15, 0.2) is 40.1 Å². The Morgan fingerprint density at radius 3 is 2.04 bits per heavy atom. The summed E-state index contributed by atoms with van der Waals surface area (Å²) in [6, 6.07) is 8.79. The Kier molecular flexibility index (Phi) is 9.75. The van der Waals surface area contributed by atoms with E-state index in [1.165, 1.54) is 38.5 Å². The molecule has 4 aromatic rings. The lowest BCUT2D eigenvalue weighted by Crippen LogP contribution is -2.57. The molecule has 1 aliphatic rings. The minimum Gasteiger partial charge on any atom is -0.508 e. The molecule has 0 radical (unpaired) electrons. The van der Waals surface area contributed by atoms with Crippen LogP contribution < -0.4 is 19.6 Å². The lowest BCUT2D eigenvalue weighted by Gasteiger charge is -2.42. The van der Waals surface area contributed by atoms with Crippen LogP contribution >= 0.6 is 0 Å². The molecule has 0 spiro atoms. The number of phenolic OH excluding ortho intramolecular Hbond substituents is 4. The minimum atomic E-state index is -1.99. The third kappa shape index (κ3) is 6.43. The maximum Gasteiger partial charge on any atom is 0.338 e. The van der Waals surface area contributed by atoms with Crippen LogP contribution in [0.1, 0.15) is 28.9 Å². The van der Waals surface area contributed by atoms with Crippen LogP contribution in [0, 0.1) is 0 Å². The Morgan fingerprint density at radius 1 is 0.837 bits per heavy atom. The van der Waals surface area contributed by atoms with Gasteiger partial charge in [-0.05, 0) is 36.4 Å². The summed E-state index contributed by atoms with van der Waals surface area (Å²) < 4.78 is 38.2. The number of aliphatic hydroxyl groups is 2. The Balaban J connectivity index is 1.73. The first-order valence-electron chi connectivity index (χ1n) is 14.5. The van der Waals surface area contributed by atoms with Crippen molar-refractivity contribution < 1.29 is 73.1 Å². The average molecular weight is 685 g/mol. The molecule has 1 saturated heterocycles. The fourth-order valence-electron chi connectivity index (χ4n) is 5.43. The van der Waals surface area contributed by atoms with Crippen LogP contribution in [0.4, 0.5) is 0 Å². The first-order valence-corrected chi connectivity index (χ1v) is 14.5. The fraction of sp³-hybridized carbons (Fsp3) is 0.303. The van der Waals surface area contributed by atoms with Gasteiger partial charge >= 0.3 is 11.9 Å². The van der Waals surface area contributed by atoms with Crippen LogP contribution in [0.25, 0.3) is 22.3 Å². The number of phenols is 4. The molecule has 5 rings (SSSR count). The number of hydrogen-bond acceptors (Lipinski definition) is 16. The molecule has 1 fully saturated rings. The SMILES string of the molecule is COc1cc(C(=O)OC2C(c3c(O)c(OC)c(O)c4c(=O)cc(-c5ccc(O)cc5)oc34)OC(COC(C)=O)C(O)C2O)cc(OC)c1O. The van der Waals surface area contributed by atoms with E-state index in [0.717, 1.165) is 32.2 Å². The van der Waals surface area contributed by atoms with Gasteiger partial charge in [0.05, 0.1) is 32.5 Å². The van der Waals surface area contributed by atoms with Gasteiger partial charge in [-0.3, -0.25) is 9.59 Å². The molecule has 16 nitrogen and oxygen atoms in total. The van der Waals surface area contributed by atoms with E-state index in [2.05, 4.69) is 0 Å². The number of ether oxygens (including phenoxy) is 6. The van der Waals surface area contributed by atoms with Gasteiger partial charge in [0.25, 0.3) is 0 Å². The highest BCUT2D eigenvalue weighted by Crippen LogP contribution is 2.51. The number of carbonyl (C=O) groups excluding carboxylic acids is 2. The Labute approximate surface area is 276 Å². The van der Waals surface area contributed by atoms with Crippen molar-refractivity contribution in [2.45, 2.75) is 37.4 Å². The van der Waals surface area contributed by atoms with Crippen LogP contribution in [-0.4, -0.2) is 94.9 Å². The topological polar surface area (TPSA) is 241 Å². The van der Waals surface area contributed by atoms with Crippen molar-refractivity contribution in [2.75, 3.05) is 27.9 Å². The van der Waals surface area contributed by atoms with Gasteiger partial charge in [-0.15, -0.1) is 0 Å². The molecule has 16 heteroatoms. The van der Waals surface area contributed by atoms with Crippen LogP contribution in [0.15, 0.2) is 51.7 Å². The number of aliphatic hydroxyl groups excluding tert-OH is 2. The zero-order chi connectivity index (χ0) is 35.7. The highest BCUT2D eigenvalue weighted by molar-refractivity contribution is 5.94. The molecular weight excluding hydrogens is 652 g/mol. The zero-order valence-electron chi connectivity index (χ0n) is 26.4. The summed E-state index contributed by atoms with van der Waals surface area (Å²) in [6.07, 6.45) is -9.03. The van der Waals surface area contributed by atoms with Gasteiger partial charge in [-0.25, -0.2) is 4.79 Å². The van der Waals surface area contributed by atoms with Gasteiger partial charge in [-0.2, -0.15) is 0 Å². The minimum absolute atomic E-state index is 0.0805. The summed E-state index contributed by atoms with van der Waals surface area (Å²) in [5, 5.41) is 64.5. The predicted molar refractivity (Wildman–Crippen MR) is 166 cm³/mol. The van der Waals surface area contributed by atoms with E-state index in [-0.39, 0.29) is 28.6 Å². The summed E-state index contributed by atoms with van der Waals surface area (Å²) in [4.78, 5) is 38.7. The predicted octanol–water partition coefficient (Wildman–Crippen LogP) is 2.26. The molecule has 5 unspecified atom stereocenters. The van der Waals surface area contributed by atoms with Crippen molar-refractivity contribution in [2.24, 2.45) is 0 Å². The van der Waals surface area contributed by atoms with Crippen molar-refractivity contribution in [3.8, 4) is 51.6 Å². The van der Waals surface area contributed by atoms with E-state index < -0.39 is 94.0 Å². The smallest absolute Gasteiger partial charge is 0.338 e. The first kappa shape index (κ1) is 34.6. The monoisotopic (exact) mass is 684 g/mol. The second kappa shape index (κ2) is 13.8.